The highest BCUT2D eigenvalue weighted by molar-refractivity contribution is 7.89. The van der Waals surface area contributed by atoms with E-state index in [1.165, 1.54) is 49.9 Å². The summed E-state index contributed by atoms with van der Waals surface area (Å²) in [5.41, 5.74) is 0.708. The Morgan fingerprint density at radius 3 is 2.09 bits per heavy atom. The lowest BCUT2D eigenvalue weighted by molar-refractivity contribution is -0.116. The topological polar surface area (TPSA) is 79.4 Å². The van der Waals surface area contributed by atoms with Gasteiger partial charge in [0.1, 0.15) is 0 Å². The second-order valence-corrected chi connectivity index (χ2v) is 12.0. The number of benzene rings is 1. The SMILES string of the molecule is CCCCCCCCCCC(=O)Nc1nc2ccc(S(=O)(=O)N(CCCC)CCCC)cc2s1. The Morgan fingerprint density at radius 2 is 1.47 bits per heavy atom. The van der Waals surface area contributed by atoms with Crippen LogP contribution in [0, 0.1) is 0 Å². The van der Waals surface area contributed by atoms with Gasteiger partial charge in [0.05, 0.1) is 15.1 Å². The summed E-state index contributed by atoms with van der Waals surface area (Å²) in [7, 11) is -3.55. The molecule has 0 atom stereocenters. The Balaban J connectivity index is 1.94. The highest BCUT2D eigenvalue weighted by Gasteiger charge is 2.24. The van der Waals surface area contributed by atoms with E-state index < -0.39 is 10.0 Å². The third-order valence-electron chi connectivity index (χ3n) is 6.02. The molecule has 2 rings (SSSR count). The number of carbonyl (C=O) groups excluding carboxylic acids is 1. The molecule has 0 aliphatic heterocycles. The van der Waals surface area contributed by atoms with E-state index in [4.69, 9.17) is 0 Å². The molecule has 8 heteroatoms. The Bertz CT molecular complexity index is 965. The third-order valence-corrected chi connectivity index (χ3v) is 8.85. The summed E-state index contributed by atoms with van der Waals surface area (Å²) in [5, 5.41) is 3.43. The second kappa shape index (κ2) is 15.5. The number of hydrogen-bond donors (Lipinski definition) is 1. The minimum Gasteiger partial charge on any atom is -0.302 e. The first-order valence-corrected chi connectivity index (χ1v) is 15.4. The van der Waals surface area contributed by atoms with E-state index >= 15 is 0 Å². The molecular weight excluding hydrogens is 466 g/mol. The van der Waals surface area contributed by atoms with Crippen LogP contribution >= 0.6 is 11.3 Å². The fraction of sp³-hybridized carbons (Fsp3) is 0.692. The lowest BCUT2D eigenvalue weighted by atomic mass is 10.1. The number of amides is 1. The fourth-order valence-corrected chi connectivity index (χ4v) is 6.43. The number of hydrogen-bond acceptors (Lipinski definition) is 5. The van der Waals surface area contributed by atoms with Crippen LogP contribution in [0.2, 0.25) is 0 Å². The van der Waals surface area contributed by atoms with Crippen LogP contribution < -0.4 is 5.32 Å². The molecule has 0 spiro atoms. The summed E-state index contributed by atoms with van der Waals surface area (Å²) in [5.74, 6) is -0.0248. The highest BCUT2D eigenvalue weighted by Crippen LogP contribution is 2.29. The maximum absolute atomic E-state index is 13.3. The smallest absolute Gasteiger partial charge is 0.243 e. The minimum absolute atomic E-state index is 0.0248. The third kappa shape index (κ3) is 9.27. The van der Waals surface area contributed by atoms with Gasteiger partial charge in [-0.3, -0.25) is 4.79 Å². The predicted octanol–water partition coefficient (Wildman–Crippen LogP) is 7.36. The van der Waals surface area contributed by atoms with Gasteiger partial charge >= 0.3 is 0 Å². The number of thiazole rings is 1. The molecule has 1 heterocycles. The summed E-state index contributed by atoms with van der Waals surface area (Å²) in [6, 6.07) is 5.07. The van der Waals surface area contributed by atoms with Crippen LogP contribution in [0.25, 0.3) is 10.2 Å². The number of sulfonamides is 1. The molecular formula is C26H43N3O3S2. The summed E-state index contributed by atoms with van der Waals surface area (Å²) >= 11 is 1.33. The number of fused-ring (bicyclic) bond motifs is 1. The Morgan fingerprint density at radius 1 is 0.882 bits per heavy atom. The molecule has 0 saturated heterocycles. The summed E-state index contributed by atoms with van der Waals surface area (Å²) in [6.45, 7) is 7.44. The first kappa shape index (κ1) is 28.7. The van der Waals surface area contributed by atoms with Crippen molar-refractivity contribution in [3.05, 3.63) is 18.2 Å². The van der Waals surface area contributed by atoms with Crippen molar-refractivity contribution < 1.29 is 13.2 Å². The monoisotopic (exact) mass is 509 g/mol. The lowest BCUT2D eigenvalue weighted by Crippen LogP contribution is -2.33. The number of nitrogens with zero attached hydrogens (tertiary/aromatic N) is 2. The lowest BCUT2D eigenvalue weighted by Gasteiger charge is -2.21. The van der Waals surface area contributed by atoms with Crippen molar-refractivity contribution in [2.75, 3.05) is 18.4 Å². The van der Waals surface area contributed by atoms with E-state index in [1.54, 1.807) is 22.5 Å². The number of nitrogens with one attached hydrogen (secondary N) is 1. The molecule has 0 aliphatic rings. The quantitative estimate of drug-likeness (QED) is 0.213. The highest BCUT2D eigenvalue weighted by atomic mass is 32.2. The predicted molar refractivity (Wildman–Crippen MR) is 144 cm³/mol. The first-order valence-electron chi connectivity index (χ1n) is 13.1. The van der Waals surface area contributed by atoms with E-state index in [9.17, 15) is 13.2 Å². The van der Waals surface area contributed by atoms with Crippen LogP contribution in [-0.4, -0.2) is 36.7 Å². The van der Waals surface area contributed by atoms with Gasteiger partial charge in [-0.05, 0) is 37.5 Å². The van der Waals surface area contributed by atoms with Crippen molar-refractivity contribution >= 4 is 42.6 Å². The van der Waals surface area contributed by atoms with Gasteiger partial charge in [0, 0.05) is 19.5 Å². The van der Waals surface area contributed by atoms with Gasteiger partial charge in [0.25, 0.3) is 0 Å². The van der Waals surface area contributed by atoms with Crippen LogP contribution in [0.4, 0.5) is 5.13 Å². The van der Waals surface area contributed by atoms with Gasteiger partial charge in [-0.1, -0.05) is 89.9 Å². The zero-order valence-electron chi connectivity index (χ0n) is 21.3. The van der Waals surface area contributed by atoms with Crippen LogP contribution in [0.1, 0.15) is 104 Å². The molecule has 0 unspecified atom stereocenters. The molecule has 2 aromatic rings. The molecule has 34 heavy (non-hydrogen) atoms. The van der Waals surface area contributed by atoms with E-state index in [0.717, 1.165) is 43.2 Å². The van der Waals surface area contributed by atoms with Crippen LogP contribution in [0.3, 0.4) is 0 Å². The number of rotatable bonds is 18. The number of aromatic nitrogens is 1. The molecule has 1 aromatic carbocycles. The molecule has 0 fully saturated rings. The molecule has 1 amide bonds. The van der Waals surface area contributed by atoms with Crippen LogP contribution in [0.5, 0.6) is 0 Å². The summed E-state index contributed by atoms with van der Waals surface area (Å²) < 4.78 is 28.9. The molecule has 0 saturated carbocycles. The van der Waals surface area contributed by atoms with E-state index in [2.05, 4.69) is 31.1 Å². The maximum atomic E-state index is 13.3. The van der Waals surface area contributed by atoms with Crippen molar-refractivity contribution in [2.24, 2.45) is 0 Å². The van der Waals surface area contributed by atoms with Crippen LogP contribution in [0.15, 0.2) is 23.1 Å². The van der Waals surface area contributed by atoms with E-state index in [-0.39, 0.29) is 5.91 Å². The fourth-order valence-electron chi connectivity index (χ4n) is 3.89. The molecule has 0 radical (unpaired) electrons. The Labute approximate surface area is 210 Å². The zero-order valence-corrected chi connectivity index (χ0v) is 22.9. The van der Waals surface area contributed by atoms with E-state index in [0.29, 0.717) is 35.1 Å². The first-order chi connectivity index (χ1) is 16.4. The molecule has 1 N–H and O–H groups in total. The molecule has 6 nitrogen and oxygen atoms in total. The van der Waals surface area contributed by atoms with Gasteiger partial charge in [0.15, 0.2) is 5.13 Å². The average molecular weight is 510 g/mol. The Hall–Kier alpha value is -1.51. The van der Waals surface area contributed by atoms with Gasteiger partial charge in [-0.15, -0.1) is 0 Å². The van der Waals surface area contributed by atoms with Crippen molar-refractivity contribution in [2.45, 2.75) is 109 Å². The number of carbonyl (C=O) groups is 1. The van der Waals surface area contributed by atoms with Crippen molar-refractivity contribution in [1.29, 1.82) is 0 Å². The number of unbranched alkanes of at least 4 members (excludes halogenated alkanes) is 9. The molecule has 1 aromatic heterocycles. The average Bonchev–Trinajstić information content (AvgIpc) is 3.22. The molecule has 0 aliphatic carbocycles. The van der Waals surface area contributed by atoms with E-state index in [1.807, 2.05) is 0 Å². The molecule has 192 valence electrons. The minimum atomic E-state index is -3.55. The zero-order chi connectivity index (χ0) is 24.8. The summed E-state index contributed by atoms with van der Waals surface area (Å²) in [4.78, 5) is 17.1. The Kier molecular flexibility index (Phi) is 13.1. The van der Waals surface area contributed by atoms with Crippen molar-refractivity contribution in [1.82, 2.24) is 9.29 Å². The van der Waals surface area contributed by atoms with Gasteiger partial charge in [0.2, 0.25) is 15.9 Å². The van der Waals surface area contributed by atoms with Gasteiger partial charge in [-0.25, -0.2) is 13.4 Å². The second-order valence-electron chi connectivity index (χ2n) is 9.03. The summed E-state index contributed by atoms with van der Waals surface area (Å²) in [6.07, 6.45) is 13.7. The van der Waals surface area contributed by atoms with Crippen molar-refractivity contribution in [3.63, 3.8) is 0 Å². The van der Waals surface area contributed by atoms with Crippen molar-refractivity contribution in [3.8, 4) is 0 Å². The maximum Gasteiger partial charge on any atom is 0.243 e. The molecule has 0 bridgehead atoms. The largest absolute Gasteiger partial charge is 0.302 e. The van der Waals surface area contributed by atoms with Gasteiger partial charge < -0.3 is 5.32 Å². The van der Waals surface area contributed by atoms with Gasteiger partial charge in [-0.2, -0.15) is 4.31 Å². The van der Waals surface area contributed by atoms with Crippen LogP contribution in [-0.2, 0) is 14.8 Å². The standard InChI is InChI=1S/C26H43N3O3S2/c1-4-7-10-11-12-13-14-15-16-25(30)28-26-27-23-18-17-22(21-24(23)33-26)34(31,32)29(19-8-5-2)20-9-6-3/h17-18,21H,4-16,19-20H2,1-3H3,(H,27,28,30). The normalized spacial score (nSPS) is 12.0. The number of anilines is 1.